The lowest BCUT2D eigenvalue weighted by Gasteiger charge is -2.18. The summed E-state index contributed by atoms with van der Waals surface area (Å²) in [6.45, 7) is 1.65. The number of hydrogen-bond acceptors (Lipinski definition) is 3. The van der Waals surface area contributed by atoms with E-state index < -0.39 is 11.9 Å². The summed E-state index contributed by atoms with van der Waals surface area (Å²) in [5.41, 5.74) is 0.523. The number of amides is 2. The Hall–Kier alpha value is -2.63. The van der Waals surface area contributed by atoms with Gasteiger partial charge in [-0.15, -0.1) is 0 Å². The number of benzene rings is 1. The van der Waals surface area contributed by atoms with E-state index in [1.54, 1.807) is 31.2 Å². The molecule has 1 heterocycles. The van der Waals surface area contributed by atoms with Crippen LogP contribution in [0.25, 0.3) is 10.9 Å². The lowest BCUT2D eigenvalue weighted by atomic mass is 10.1. The summed E-state index contributed by atoms with van der Waals surface area (Å²) < 4.78 is 0. The Kier molecular flexibility index (Phi) is 4.64. The zero-order valence-corrected chi connectivity index (χ0v) is 13.6. The fraction of sp³-hybridized carbons (Fsp3) is 0.389. The van der Waals surface area contributed by atoms with Crippen molar-refractivity contribution in [2.45, 2.75) is 44.7 Å². The van der Waals surface area contributed by atoms with Gasteiger partial charge in [0.05, 0.1) is 5.56 Å². The van der Waals surface area contributed by atoms with Crippen LogP contribution in [-0.2, 0) is 4.79 Å². The van der Waals surface area contributed by atoms with Gasteiger partial charge in [0.25, 0.3) is 5.91 Å². The van der Waals surface area contributed by atoms with Crippen molar-refractivity contribution in [3.8, 4) is 0 Å². The van der Waals surface area contributed by atoms with E-state index in [2.05, 4.69) is 15.6 Å². The molecule has 0 saturated heterocycles. The van der Waals surface area contributed by atoms with Gasteiger partial charge in [-0.1, -0.05) is 31.0 Å². The SMILES string of the molecule is CC(NC(=O)c1cc(=O)[nH]c2ccccc12)C(=O)NC1CCCC1. The van der Waals surface area contributed by atoms with Crippen LogP contribution in [0.15, 0.2) is 35.1 Å². The van der Waals surface area contributed by atoms with Crippen LogP contribution in [0.5, 0.6) is 0 Å². The average molecular weight is 327 g/mol. The third-order valence-corrected chi connectivity index (χ3v) is 4.44. The molecule has 1 aromatic carbocycles. The molecule has 0 radical (unpaired) electrons. The van der Waals surface area contributed by atoms with E-state index in [9.17, 15) is 14.4 Å². The third kappa shape index (κ3) is 3.48. The van der Waals surface area contributed by atoms with Gasteiger partial charge in [-0.05, 0) is 25.8 Å². The minimum absolute atomic E-state index is 0.190. The van der Waals surface area contributed by atoms with Crippen molar-refractivity contribution in [3.05, 3.63) is 46.2 Å². The van der Waals surface area contributed by atoms with E-state index in [-0.39, 0.29) is 23.1 Å². The molecule has 1 saturated carbocycles. The molecule has 2 amide bonds. The molecule has 1 aliphatic carbocycles. The molecule has 6 nitrogen and oxygen atoms in total. The van der Waals surface area contributed by atoms with E-state index in [0.29, 0.717) is 10.9 Å². The van der Waals surface area contributed by atoms with Crippen molar-refractivity contribution in [1.29, 1.82) is 0 Å². The molecular weight excluding hydrogens is 306 g/mol. The molecule has 24 heavy (non-hydrogen) atoms. The monoisotopic (exact) mass is 327 g/mol. The standard InChI is InChI=1S/C18H21N3O3/c1-11(17(23)20-12-6-2-3-7-12)19-18(24)14-10-16(22)21-15-9-5-4-8-13(14)15/h4-5,8-12H,2-3,6-7H2,1H3,(H,19,24)(H,20,23)(H,21,22). The van der Waals surface area contributed by atoms with Crippen molar-refractivity contribution in [2.24, 2.45) is 0 Å². The fourth-order valence-corrected chi connectivity index (χ4v) is 3.13. The first kappa shape index (κ1) is 16.2. The molecule has 2 aromatic rings. The summed E-state index contributed by atoms with van der Waals surface area (Å²) in [7, 11) is 0. The molecule has 1 atom stereocenters. The Balaban J connectivity index is 1.74. The molecule has 0 bridgehead atoms. The summed E-state index contributed by atoms with van der Waals surface area (Å²) in [6.07, 6.45) is 4.24. The van der Waals surface area contributed by atoms with Crippen LogP contribution < -0.4 is 16.2 Å². The lowest BCUT2D eigenvalue weighted by Crippen LogP contribution is -2.47. The number of aromatic nitrogens is 1. The topological polar surface area (TPSA) is 91.1 Å². The van der Waals surface area contributed by atoms with Gasteiger partial charge in [0, 0.05) is 23.0 Å². The second-order valence-electron chi connectivity index (χ2n) is 6.28. The Bertz CT molecular complexity index is 822. The van der Waals surface area contributed by atoms with Crippen LogP contribution in [0.4, 0.5) is 0 Å². The Labute approximate surface area is 139 Å². The molecule has 6 heteroatoms. The van der Waals surface area contributed by atoms with E-state index in [4.69, 9.17) is 0 Å². The molecule has 1 fully saturated rings. The van der Waals surface area contributed by atoms with Crippen molar-refractivity contribution >= 4 is 22.7 Å². The highest BCUT2D eigenvalue weighted by molar-refractivity contribution is 6.07. The van der Waals surface area contributed by atoms with Gasteiger partial charge in [0.15, 0.2) is 0 Å². The molecule has 3 N–H and O–H groups in total. The van der Waals surface area contributed by atoms with Crippen molar-refractivity contribution in [1.82, 2.24) is 15.6 Å². The molecule has 0 aliphatic heterocycles. The number of carbonyl (C=O) groups excluding carboxylic acids is 2. The zero-order valence-electron chi connectivity index (χ0n) is 13.6. The molecular formula is C18H21N3O3. The van der Waals surface area contributed by atoms with Crippen molar-refractivity contribution in [2.75, 3.05) is 0 Å². The lowest BCUT2D eigenvalue weighted by molar-refractivity contribution is -0.123. The van der Waals surface area contributed by atoms with Gasteiger partial charge in [-0.2, -0.15) is 0 Å². The summed E-state index contributed by atoms with van der Waals surface area (Å²) in [4.78, 5) is 39.2. The number of nitrogens with one attached hydrogen (secondary N) is 3. The van der Waals surface area contributed by atoms with E-state index in [1.807, 2.05) is 0 Å². The maximum atomic E-state index is 12.5. The molecule has 1 aliphatic rings. The Morgan fingerprint density at radius 1 is 1.21 bits per heavy atom. The van der Waals surface area contributed by atoms with Gasteiger partial charge in [-0.3, -0.25) is 14.4 Å². The first-order chi connectivity index (χ1) is 11.5. The predicted octanol–water partition coefficient (Wildman–Crippen LogP) is 1.71. The molecule has 3 rings (SSSR count). The smallest absolute Gasteiger partial charge is 0.252 e. The van der Waals surface area contributed by atoms with Gasteiger partial charge in [0.1, 0.15) is 6.04 Å². The maximum Gasteiger partial charge on any atom is 0.252 e. The second kappa shape index (κ2) is 6.86. The number of carbonyl (C=O) groups is 2. The van der Waals surface area contributed by atoms with Gasteiger partial charge < -0.3 is 15.6 Å². The number of fused-ring (bicyclic) bond motifs is 1. The number of para-hydroxylation sites is 1. The first-order valence-corrected chi connectivity index (χ1v) is 8.28. The first-order valence-electron chi connectivity index (χ1n) is 8.28. The number of H-pyrrole nitrogens is 1. The highest BCUT2D eigenvalue weighted by atomic mass is 16.2. The summed E-state index contributed by atoms with van der Waals surface area (Å²) in [5, 5.41) is 6.30. The quantitative estimate of drug-likeness (QED) is 0.798. The normalized spacial score (nSPS) is 16.0. The number of aromatic amines is 1. The Morgan fingerprint density at radius 3 is 2.67 bits per heavy atom. The van der Waals surface area contributed by atoms with Crippen molar-refractivity contribution < 1.29 is 9.59 Å². The maximum absolute atomic E-state index is 12.5. The van der Waals surface area contributed by atoms with Crippen LogP contribution in [-0.4, -0.2) is 28.9 Å². The van der Waals surface area contributed by atoms with Crippen LogP contribution in [0.3, 0.4) is 0 Å². The van der Waals surface area contributed by atoms with E-state index >= 15 is 0 Å². The minimum Gasteiger partial charge on any atom is -0.352 e. The van der Waals surface area contributed by atoms with Gasteiger partial charge in [-0.25, -0.2) is 0 Å². The van der Waals surface area contributed by atoms with Gasteiger partial charge >= 0.3 is 0 Å². The summed E-state index contributed by atoms with van der Waals surface area (Å²) >= 11 is 0. The van der Waals surface area contributed by atoms with Crippen LogP contribution in [0.2, 0.25) is 0 Å². The molecule has 126 valence electrons. The Morgan fingerprint density at radius 2 is 1.92 bits per heavy atom. The number of hydrogen-bond donors (Lipinski definition) is 3. The molecule has 0 spiro atoms. The third-order valence-electron chi connectivity index (χ3n) is 4.44. The number of pyridine rings is 1. The second-order valence-corrected chi connectivity index (χ2v) is 6.28. The van der Waals surface area contributed by atoms with E-state index in [1.165, 1.54) is 6.07 Å². The predicted molar refractivity (Wildman–Crippen MR) is 91.9 cm³/mol. The average Bonchev–Trinajstić information content (AvgIpc) is 3.06. The number of rotatable bonds is 4. The fourth-order valence-electron chi connectivity index (χ4n) is 3.13. The molecule has 1 unspecified atom stereocenters. The van der Waals surface area contributed by atoms with Gasteiger partial charge in [0.2, 0.25) is 11.5 Å². The highest BCUT2D eigenvalue weighted by Gasteiger charge is 2.22. The minimum atomic E-state index is -0.656. The van der Waals surface area contributed by atoms with Crippen molar-refractivity contribution in [3.63, 3.8) is 0 Å². The van der Waals surface area contributed by atoms with Crippen LogP contribution in [0, 0.1) is 0 Å². The zero-order chi connectivity index (χ0) is 17.1. The largest absolute Gasteiger partial charge is 0.352 e. The van der Waals surface area contributed by atoms with Crippen LogP contribution >= 0.6 is 0 Å². The summed E-state index contributed by atoms with van der Waals surface area (Å²) in [5.74, 6) is -0.615. The molecule has 1 aromatic heterocycles. The highest BCUT2D eigenvalue weighted by Crippen LogP contribution is 2.18. The van der Waals surface area contributed by atoms with Crippen LogP contribution in [0.1, 0.15) is 43.0 Å². The van der Waals surface area contributed by atoms with E-state index in [0.717, 1.165) is 25.7 Å². The summed E-state index contributed by atoms with van der Waals surface area (Å²) in [6, 6.07) is 7.91.